The number of hydrogen-bond donors (Lipinski definition) is 1. The van der Waals surface area contributed by atoms with Crippen LogP contribution in [0.25, 0.3) is 0 Å². The first-order chi connectivity index (χ1) is 15.5. The van der Waals surface area contributed by atoms with Crippen molar-refractivity contribution in [3.63, 3.8) is 0 Å². The molecular formula is C25H34N4O3. The fraction of sp³-hybridized carbons (Fsp3) is 0.440. The van der Waals surface area contributed by atoms with Crippen LogP contribution in [0.4, 0.5) is 0 Å². The topological polar surface area (TPSA) is 66.4 Å². The van der Waals surface area contributed by atoms with E-state index in [4.69, 9.17) is 9.47 Å². The molecule has 0 radical (unpaired) electrons. The maximum Gasteiger partial charge on any atom is 0.222 e. The number of methoxy groups -OCH3 is 2. The number of likely N-dealkylation sites (tertiary alicyclic amines) is 1. The lowest BCUT2D eigenvalue weighted by atomic mass is 10.1. The molecule has 1 N–H and O–H groups in total. The number of guanidine groups is 1. The lowest BCUT2D eigenvalue weighted by Crippen LogP contribution is -2.39. The van der Waals surface area contributed by atoms with Gasteiger partial charge in [-0.25, -0.2) is 0 Å². The van der Waals surface area contributed by atoms with Crippen molar-refractivity contribution in [2.75, 3.05) is 41.4 Å². The van der Waals surface area contributed by atoms with Crippen LogP contribution in [0.1, 0.15) is 29.5 Å². The first-order valence-electron chi connectivity index (χ1n) is 11.0. The Morgan fingerprint density at radius 1 is 1.09 bits per heavy atom. The van der Waals surface area contributed by atoms with Crippen molar-refractivity contribution in [2.45, 2.75) is 32.4 Å². The fourth-order valence-electron chi connectivity index (χ4n) is 3.93. The van der Waals surface area contributed by atoms with Crippen LogP contribution in [0.5, 0.6) is 11.5 Å². The highest BCUT2D eigenvalue weighted by atomic mass is 16.5. The highest BCUT2D eigenvalue weighted by molar-refractivity contribution is 5.79. The quantitative estimate of drug-likeness (QED) is 0.481. The lowest BCUT2D eigenvalue weighted by Gasteiger charge is -2.22. The number of carbonyl (C=O) groups is 1. The van der Waals surface area contributed by atoms with Crippen molar-refractivity contribution in [3.05, 3.63) is 59.2 Å². The van der Waals surface area contributed by atoms with E-state index in [0.29, 0.717) is 19.5 Å². The minimum atomic E-state index is 0.255. The number of benzene rings is 2. The van der Waals surface area contributed by atoms with E-state index in [1.165, 1.54) is 11.1 Å². The molecule has 7 heteroatoms. The number of nitrogens with zero attached hydrogens (tertiary/aromatic N) is 3. The van der Waals surface area contributed by atoms with Crippen molar-refractivity contribution in [1.82, 2.24) is 15.1 Å². The Morgan fingerprint density at radius 2 is 1.88 bits per heavy atom. The number of amides is 1. The number of aliphatic imine (C=N–C) groups is 1. The van der Waals surface area contributed by atoms with Crippen LogP contribution in [-0.2, 0) is 24.3 Å². The van der Waals surface area contributed by atoms with Crippen LogP contribution in [0.15, 0.2) is 47.5 Å². The van der Waals surface area contributed by atoms with Crippen molar-refractivity contribution in [3.8, 4) is 11.5 Å². The zero-order chi connectivity index (χ0) is 22.9. The Labute approximate surface area is 191 Å². The summed E-state index contributed by atoms with van der Waals surface area (Å²) in [4.78, 5) is 20.4. The molecule has 1 heterocycles. The monoisotopic (exact) mass is 438 g/mol. The Bertz CT molecular complexity index is 945. The third kappa shape index (κ3) is 6.15. The standard InChI is InChI=1S/C25H34N4O3/c1-26-25(28(2)14-12-19-10-11-22(31-3)23(16-19)32-4)27-17-20-7-5-8-21(15-20)18-29-13-6-9-24(29)30/h5,7-8,10-11,15-16H,6,9,12-14,17-18H2,1-4H3,(H,26,27). The first-order valence-corrected chi connectivity index (χ1v) is 11.0. The SMILES string of the molecule is CN=C(NCc1cccc(CN2CCCC2=O)c1)N(C)CCc1ccc(OC)c(OC)c1. The van der Waals surface area contributed by atoms with Crippen LogP contribution in [0.3, 0.4) is 0 Å². The van der Waals surface area contributed by atoms with Crippen LogP contribution < -0.4 is 14.8 Å². The summed E-state index contributed by atoms with van der Waals surface area (Å²) < 4.78 is 10.7. The Balaban J connectivity index is 1.53. The van der Waals surface area contributed by atoms with Crippen LogP contribution >= 0.6 is 0 Å². The molecule has 1 aliphatic heterocycles. The van der Waals surface area contributed by atoms with Gasteiger partial charge in [0.1, 0.15) is 0 Å². The third-order valence-electron chi connectivity index (χ3n) is 5.74. The second kappa shape index (κ2) is 11.4. The normalized spacial score (nSPS) is 13.9. The number of nitrogens with one attached hydrogen (secondary N) is 1. The van der Waals surface area contributed by atoms with Crippen molar-refractivity contribution in [1.29, 1.82) is 0 Å². The van der Waals surface area contributed by atoms with Gasteiger partial charge in [-0.3, -0.25) is 9.79 Å². The molecular weight excluding hydrogens is 404 g/mol. The molecule has 0 spiro atoms. The van der Waals surface area contributed by atoms with E-state index in [-0.39, 0.29) is 5.91 Å². The Kier molecular flexibility index (Phi) is 8.36. The summed E-state index contributed by atoms with van der Waals surface area (Å²) in [7, 11) is 7.12. The van der Waals surface area contributed by atoms with E-state index in [2.05, 4.69) is 45.5 Å². The van der Waals surface area contributed by atoms with Gasteiger partial charge in [0.15, 0.2) is 17.5 Å². The number of ether oxygens (including phenoxy) is 2. The van der Waals surface area contributed by atoms with Gasteiger partial charge in [-0.15, -0.1) is 0 Å². The van der Waals surface area contributed by atoms with E-state index < -0.39 is 0 Å². The fourth-order valence-corrected chi connectivity index (χ4v) is 3.93. The maximum absolute atomic E-state index is 11.9. The summed E-state index contributed by atoms with van der Waals surface area (Å²) in [5.41, 5.74) is 3.51. The largest absolute Gasteiger partial charge is 0.493 e. The smallest absolute Gasteiger partial charge is 0.222 e. The molecule has 32 heavy (non-hydrogen) atoms. The molecule has 172 valence electrons. The summed E-state index contributed by atoms with van der Waals surface area (Å²) >= 11 is 0. The third-order valence-corrected chi connectivity index (χ3v) is 5.74. The van der Waals surface area contributed by atoms with Crippen LogP contribution in [0, 0.1) is 0 Å². The van der Waals surface area contributed by atoms with Crippen molar-refractivity contribution >= 4 is 11.9 Å². The molecule has 2 aromatic carbocycles. The summed E-state index contributed by atoms with van der Waals surface area (Å²) in [6.45, 7) is 3.03. The minimum absolute atomic E-state index is 0.255. The van der Waals surface area contributed by atoms with Crippen LogP contribution in [0.2, 0.25) is 0 Å². The molecule has 7 nitrogen and oxygen atoms in total. The number of likely N-dealkylation sites (N-methyl/N-ethyl adjacent to an activating group) is 1. The van der Waals surface area contributed by atoms with Gasteiger partial charge in [-0.05, 0) is 41.7 Å². The highest BCUT2D eigenvalue weighted by Gasteiger charge is 2.20. The van der Waals surface area contributed by atoms with E-state index in [1.54, 1.807) is 21.3 Å². The molecule has 0 saturated carbocycles. The van der Waals surface area contributed by atoms with Gasteiger partial charge in [-0.1, -0.05) is 30.3 Å². The molecule has 3 rings (SSSR count). The maximum atomic E-state index is 11.9. The van der Waals surface area contributed by atoms with Crippen molar-refractivity contribution in [2.24, 2.45) is 4.99 Å². The highest BCUT2D eigenvalue weighted by Crippen LogP contribution is 2.27. The Hall–Kier alpha value is -3.22. The van der Waals surface area contributed by atoms with Gasteiger partial charge in [0, 0.05) is 46.7 Å². The van der Waals surface area contributed by atoms with Gasteiger partial charge >= 0.3 is 0 Å². The van der Waals surface area contributed by atoms with Gasteiger partial charge in [-0.2, -0.15) is 0 Å². The number of hydrogen-bond acceptors (Lipinski definition) is 4. The average Bonchev–Trinajstić information content (AvgIpc) is 3.22. The minimum Gasteiger partial charge on any atom is -0.493 e. The van der Waals surface area contributed by atoms with Crippen LogP contribution in [-0.4, -0.2) is 63.1 Å². The molecule has 0 aliphatic carbocycles. The molecule has 0 bridgehead atoms. The second-order valence-electron chi connectivity index (χ2n) is 8.00. The van der Waals surface area contributed by atoms with Gasteiger partial charge < -0.3 is 24.6 Å². The Morgan fingerprint density at radius 3 is 2.56 bits per heavy atom. The average molecular weight is 439 g/mol. The lowest BCUT2D eigenvalue weighted by molar-refractivity contribution is -0.128. The second-order valence-corrected chi connectivity index (χ2v) is 8.00. The molecule has 2 aromatic rings. The summed E-state index contributed by atoms with van der Waals surface area (Å²) in [6.07, 6.45) is 2.50. The summed E-state index contributed by atoms with van der Waals surface area (Å²) in [5, 5.41) is 3.44. The van der Waals surface area contributed by atoms with E-state index in [9.17, 15) is 4.79 Å². The molecule has 0 aromatic heterocycles. The predicted octanol–water partition coefficient (Wildman–Crippen LogP) is 3.08. The van der Waals surface area contributed by atoms with Gasteiger partial charge in [0.25, 0.3) is 0 Å². The molecule has 0 atom stereocenters. The zero-order valence-corrected chi connectivity index (χ0v) is 19.6. The summed E-state index contributed by atoms with van der Waals surface area (Å²) in [6, 6.07) is 14.4. The summed E-state index contributed by atoms with van der Waals surface area (Å²) in [5.74, 6) is 2.57. The van der Waals surface area contributed by atoms with Gasteiger partial charge in [0.2, 0.25) is 5.91 Å². The van der Waals surface area contributed by atoms with E-state index >= 15 is 0 Å². The molecule has 0 unspecified atom stereocenters. The molecule has 1 fully saturated rings. The molecule has 1 saturated heterocycles. The zero-order valence-electron chi connectivity index (χ0n) is 19.6. The number of rotatable bonds is 9. The molecule has 1 aliphatic rings. The van der Waals surface area contributed by atoms with Gasteiger partial charge in [0.05, 0.1) is 14.2 Å². The first kappa shape index (κ1) is 23.4. The van der Waals surface area contributed by atoms with E-state index in [1.807, 2.05) is 24.1 Å². The predicted molar refractivity (Wildman–Crippen MR) is 127 cm³/mol. The molecule has 1 amide bonds. The van der Waals surface area contributed by atoms with Crippen molar-refractivity contribution < 1.29 is 14.3 Å². The van der Waals surface area contributed by atoms with E-state index in [0.717, 1.165) is 49.0 Å². The number of carbonyl (C=O) groups excluding carboxylic acids is 1.